The van der Waals surface area contributed by atoms with Crippen LogP contribution in [0.1, 0.15) is 5.56 Å². The highest BCUT2D eigenvalue weighted by Gasteiger charge is 2.15. The first-order valence-corrected chi connectivity index (χ1v) is 7.79. The number of benzene rings is 2. The summed E-state index contributed by atoms with van der Waals surface area (Å²) in [6.07, 6.45) is 0. The molecule has 0 fully saturated rings. The van der Waals surface area contributed by atoms with Gasteiger partial charge in [0.2, 0.25) is 5.82 Å². The van der Waals surface area contributed by atoms with Crippen LogP contribution in [0.15, 0.2) is 49.9 Å². The monoisotopic (exact) mass is 407 g/mol. The van der Waals surface area contributed by atoms with E-state index in [1.54, 1.807) is 0 Å². The van der Waals surface area contributed by atoms with Gasteiger partial charge in [-0.25, -0.2) is 0 Å². The van der Waals surface area contributed by atoms with Crippen LogP contribution in [0, 0.1) is 6.92 Å². The molecule has 0 aliphatic carbocycles. The van der Waals surface area contributed by atoms with E-state index in [9.17, 15) is 0 Å². The quantitative estimate of drug-likeness (QED) is 0.617. The Bertz CT molecular complexity index is 797. The van der Waals surface area contributed by atoms with E-state index in [1.165, 1.54) is 5.56 Å². The molecule has 0 saturated heterocycles. The third-order valence-electron chi connectivity index (χ3n) is 3.06. The van der Waals surface area contributed by atoms with Gasteiger partial charge in [-0.1, -0.05) is 50.9 Å². The molecule has 4 nitrogen and oxygen atoms in total. The summed E-state index contributed by atoms with van der Waals surface area (Å²) >= 11 is 6.84. The van der Waals surface area contributed by atoms with E-state index < -0.39 is 0 Å². The Morgan fingerprint density at radius 2 is 1.81 bits per heavy atom. The van der Waals surface area contributed by atoms with Crippen molar-refractivity contribution < 1.29 is 4.52 Å². The van der Waals surface area contributed by atoms with Crippen molar-refractivity contribution in [2.75, 3.05) is 5.73 Å². The summed E-state index contributed by atoms with van der Waals surface area (Å²) < 4.78 is 7.01. The van der Waals surface area contributed by atoms with Gasteiger partial charge in [0.25, 0.3) is 5.89 Å². The molecular formula is C15H11Br2N3O. The highest BCUT2D eigenvalue weighted by Crippen LogP contribution is 2.35. The van der Waals surface area contributed by atoms with Crippen molar-refractivity contribution in [2.45, 2.75) is 6.92 Å². The van der Waals surface area contributed by atoms with Gasteiger partial charge in [0.05, 0.1) is 11.3 Å². The zero-order valence-corrected chi connectivity index (χ0v) is 14.3. The SMILES string of the molecule is Cc1ccc(-c2noc(-c3cc(Br)cc(Br)c3N)n2)cc1. The van der Waals surface area contributed by atoms with E-state index in [1.807, 2.05) is 43.3 Å². The topological polar surface area (TPSA) is 64.9 Å². The van der Waals surface area contributed by atoms with Gasteiger partial charge >= 0.3 is 0 Å². The van der Waals surface area contributed by atoms with Crippen LogP contribution in [0.2, 0.25) is 0 Å². The summed E-state index contributed by atoms with van der Waals surface area (Å²) in [5.74, 6) is 0.936. The standard InChI is InChI=1S/C15H11Br2N3O/c1-8-2-4-9(5-3-8)14-19-15(21-20-14)11-6-10(16)7-12(17)13(11)18/h2-7H,18H2,1H3. The van der Waals surface area contributed by atoms with Crippen LogP contribution in [0.25, 0.3) is 22.8 Å². The van der Waals surface area contributed by atoms with Gasteiger partial charge in [-0.2, -0.15) is 4.98 Å². The summed E-state index contributed by atoms with van der Waals surface area (Å²) in [4.78, 5) is 4.42. The molecule has 1 heterocycles. The van der Waals surface area contributed by atoms with E-state index in [2.05, 4.69) is 42.0 Å². The van der Waals surface area contributed by atoms with Gasteiger partial charge < -0.3 is 10.3 Å². The van der Waals surface area contributed by atoms with E-state index in [4.69, 9.17) is 10.3 Å². The number of aryl methyl sites for hydroxylation is 1. The zero-order chi connectivity index (χ0) is 15.0. The maximum atomic E-state index is 6.06. The summed E-state index contributed by atoms with van der Waals surface area (Å²) in [7, 11) is 0. The summed E-state index contributed by atoms with van der Waals surface area (Å²) in [5.41, 5.74) is 9.41. The third kappa shape index (κ3) is 2.87. The number of hydrogen-bond donors (Lipinski definition) is 1. The number of nitrogens with two attached hydrogens (primary N) is 1. The van der Waals surface area contributed by atoms with Gasteiger partial charge in [-0.05, 0) is 35.0 Å². The number of halogens is 2. The second kappa shape index (κ2) is 5.61. The van der Waals surface area contributed by atoms with E-state index >= 15 is 0 Å². The molecule has 0 radical (unpaired) electrons. The van der Waals surface area contributed by atoms with Crippen molar-refractivity contribution in [3.8, 4) is 22.8 Å². The normalized spacial score (nSPS) is 10.8. The number of anilines is 1. The number of aromatic nitrogens is 2. The summed E-state index contributed by atoms with van der Waals surface area (Å²) in [6, 6.07) is 11.7. The Labute approximate surface area is 138 Å². The maximum Gasteiger partial charge on any atom is 0.260 e. The van der Waals surface area contributed by atoms with Crippen molar-refractivity contribution in [1.82, 2.24) is 10.1 Å². The first kappa shape index (κ1) is 14.3. The van der Waals surface area contributed by atoms with Crippen molar-refractivity contribution in [3.63, 3.8) is 0 Å². The summed E-state index contributed by atoms with van der Waals surface area (Å²) in [6.45, 7) is 2.03. The number of nitrogen functional groups attached to an aromatic ring is 1. The highest BCUT2D eigenvalue weighted by atomic mass is 79.9. The Kier molecular flexibility index (Phi) is 3.82. The fourth-order valence-corrected chi connectivity index (χ4v) is 3.14. The first-order chi connectivity index (χ1) is 10.0. The number of rotatable bonds is 2. The molecule has 3 aromatic rings. The van der Waals surface area contributed by atoms with E-state index in [0.29, 0.717) is 23.0 Å². The predicted molar refractivity (Wildman–Crippen MR) is 89.7 cm³/mol. The largest absolute Gasteiger partial charge is 0.397 e. The lowest BCUT2D eigenvalue weighted by Crippen LogP contribution is -1.92. The highest BCUT2D eigenvalue weighted by molar-refractivity contribution is 9.11. The minimum Gasteiger partial charge on any atom is -0.397 e. The van der Waals surface area contributed by atoms with Crippen LogP contribution in [0.3, 0.4) is 0 Å². The average Bonchev–Trinajstić information content (AvgIpc) is 2.93. The number of hydrogen-bond acceptors (Lipinski definition) is 4. The molecule has 0 bridgehead atoms. The minimum atomic E-state index is 0.394. The Hall–Kier alpha value is -1.66. The van der Waals surface area contributed by atoms with Gasteiger partial charge in [0.1, 0.15) is 0 Å². The number of nitrogens with zero attached hydrogens (tertiary/aromatic N) is 2. The minimum absolute atomic E-state index is 0.394. The molecule has 1 aromatic heterocycles. The van der Waals surface area contributed by atoms with Gasteiger partial charge in [0.15, 0.2) is 0 Å². The van der Waals surface area contributed by atoms with Crippen LogP contribution >= 0.6 is 31.9 Å². The lowest BCUT2D eigenvalue weighted by atomic mass is 10.1. The van der Waals surface area contributed by atoms with Crippen LogP contribution in [0.4, 0.5) is 5.69 Å². The first-order valence-electron chi connectivity index (χ1n) is 6.20. The van der Waals surface area contributed by atoms with Gasteiger partial charge in [-0.3, -0.25) is 0 Å². The van der Waals surface area contributed by atoms with Crippen LogP contribution in [-0.2, 0) is 0 Å². The van der Waals surface area contributed by atoms with Gasteiger partial charge in [-0.15, -0.1) is 0 Å². The molecule has 0 unspecified atom stereocenters. The molecule has 2 N–H and O–H groups in total. The van der Waals surface area contributed by atoms with Crippen LogP contribution in [-0.4, -0.2) is 10.1 Å². The molecule has 0 saturated carbocycles. The zero-order valence-electron chi connectivity index (χ0n) is 11.1. The molecule has 0 amide bonds. The molecule has 6 heteroatoms. The molecule has 3 rings (SSSR count). The molecule has 2 aromatic carbocycles. The average molecular weight is 409 g/mol. The van der Waals surface area contributed by atoms with E-state index in [0.717, 1.165) is 14.5 Å². The lowest BCUT2D eigenvalue weighted by Gasteiger charge is -2.04. The second-order valence-electron chi connectivity index (χ2n) is 4.64. The molecule has 0 spiro atoms. The fraction of sp³-hybridized carbons (Fsp3) is 0.0667. The fourth-order valence-electron chi connectivity index (χ4n) is 1.91. The second-order valence-corrected chi connectivity index (χ2v) is 6.41. The van der Waals surface area contributed by atoms with Crippen molar-refractivity contribution >= 4 is 37.5 Å². The van der Waals surface area contributed by atoms with Gasteiger partial charge in [0, 0.05) is 14.5 Å². The van der Waals surface area contributed by atoms with Crippen LogP contribution < -0.4 is 5.73 Å². The molecule has 106 valence electrons. The molecule has 0 aliphatic heterocycles. The molecule has 21 heavy (non-hydrogen) atoms. The molecule has 0 atom stereocenters. The van der Waals surface area contributed by atoms with Crippen molar-refractivity contribution in [2.24, 2.45) is 0 Å². The maximum absolute atomic E-state index is 6.06. The van der Waals surface area contributed by atoms with E-state index in [-0.39, 0.29) is 0 Å². The Balaban J connectivity index is 2.04. The Morgan fingerprint density at radius 1 is 1.10 bits per heavy atom. The van der Waals surface area contributed by atoms with Crippen LogP contribution in [0.5, 0.6) is 0 Å². The molecule has 0 aliphatic rings. The third-order valence-corrected chi connectivity index (χ3v) is 4.17. The lowest BCUT2D eigenvalue weighted by molar-refractivity contribution is 0.432. The summed E-state index contributed by atoms with van der Waals surface area (Å²) in [5, 5.41) is 4.02. The Morgan fingerprint density at radius 3 is 2.52 bits per heavy atom. The van der Waals surface area contributed by atoms with Crippen molar-refractivity contribution in [3.05, 3.63) is 50.9 Å². The van der Waals surface area contributed by atoms with Crippen molar-refractivity contribution in [1.29, 1.82) is 0 Å². The molecular weight excluding hydrogens is 398 g/mol. The predicted octanol–water partition coefficient (Wildman–Crippen LogP) is 4.82. The smallest absolute Gasteiger partial charge is 0.260 e.